The van der Waals surface area contributed by atoms with Crippen molar-refractivity contribution in [2.45, 2.75) is 34.1 Å². The Bertz CT molecular complexity index is 251. The highest BCUT2D eigenvalue weighted by Gasteiger charge is 2.03. The first kappa shape index (κ1) is 23.7. The molecular weight excluding hydrogens is 276 g/mol. The second-order valence-electron chi connectivity index (χ2n) is 2.91. The summed E-state index contributed by atoms with van der Waals surface area (Å²) >= 11 is 1.22. The van der Waals surface area contributed by atoms with Crippen LogP contribution in [0.15, 0.2) is 17.3 Å². The fraction of sp³-hybridized carbons (Fsp3) is 0.615. The molecule has 0 saturated heterocycles. The van der Waals surface area contributed by atoms with E-state index in [2.05, 4.69) is 4.99 Å². The lowest BCUT2D eigenvalue weighted by Gasteiger charge is -1.96. The van der Waals surface area contributed by atoms with E-state index in [4.69, 9.17) is 21.9 Å². The van der Waals surface area contributed by atoms with Crippen molar-refractivity contribution in [1.29, 1.82) is 0 Å². The molecule has 0 amide bonds. The quantitative estimate of drug-likeness (QED) is 0.285. The van der Waals surface area contributed by atoms with E-state index in [0.717, 1.165) is 0 Å². The molecule has 0 unspecified atom stereocenters. The molecule has 0 aromatic carbocycles. The van der Waals surface area contributed by atoms with E-state index in [1.165, 1.54) is 18.0 Å². The maximum absolute atomic E-state index is 11.1. The highest BCUT2D eigenvalue weighted by molar-refractivity contribution is 8.13. The molecule has 0 saturated carbocycles. The first-order valence-corrected chi connectivity index (χ1v) is 7.50. The number of hydrogen-bond acceptors (Lipinski definition) is 5. The summed E-state index contributed by atoms with van der Waals surface area (Å²) in [5, 5.41) is 0.0950. The van der Waals surface area contributed by atoms with Crippen LogP contribution in [0.25, 0.3) is 0 Å². The Morgan fingerprint density at radius 3 is 2.35 bits per heavy atom. The lowest BCUT2D eigenvalue weighted by atomic mass is 10.5. The van der Waals surface area contributed by atoms with Crippen LogP contribution >= 0.6 is 11.8 Å². The van der Waals surface area contributed by atoms with Crippen LogP contribution in [-0.4, -0.2) is 30.0 Å². The molecule has 118 valence electrons. The number of aliphatic imine (C=N–C) groups is 1. The van der Waals surface area contributed by atoms with Crippen LogP contribution in [-0.2, 0) is 9.53 Å². The van der Waals surface area contributed by atoms with Crippen LogP contribution in [0.3, 0.4) is 0 Å². The SMILES string of the molecule is C/C=C\N.CC.C[CH+]OCCC(=O)SCCN=C(N)N. The molecule has 0 aromatic rings. The number of carbonyl (C=O) groups excluding carboxylic acids is 1. The maximum atomic E-state index is 11.1. The first-order valence-electron chi connectivity index (χ1n) is 6.51. The van der Waals surface area contributed by atoms with Gasteiger partial charge < -0.3 is 17.2 Å². The first-order chi connectivity index (χ1) is 9.58. The van der Waals surface area contributed by atoms with E-state index in [9.17, 15) is 4.79 Å². The Labute approximate surface area is 127 Å². The second-order valence-corrected chi connectivity index (χ2v) is 4.06. The molecule has 7 heteroatoms. The number of ether oxygens (including phenoxy) is 1. The Hall–Kier alpha value is -1.34. The molecule has 6 N–H and O–H groups in total. The third-order valence-corrected chi connectivity index (χ3v) is 2.34. The number of nitrogens with two attached hydrogens (primary N) is 3. The van der Waals surface area contributed by atoms with Gasteiger partial charge in [-0.15, -0.1) is 0 Å². The van der Waals surface area contributed by atoms with E-state index in [-0.39, 0.29) is 11.1 Å². The van der Waals surface area contributed by atoms with Gasteiger partial charge in [0.2, 0.25) is 6.61 Å². The number of thioether (sulfide) groups is 1. The number of allylic oxidation sites excluding steroid dienone is 1. The molecule has 0 rings (SSSR count). The summed E-state index contributed by atoms with van der Waals surface area (Å²) in [4.78, 5) is 14.9. The fourth-order valence-electron chi connectivity index (χ4n) is 0.667. The van der Waals surface area contributed by atoms with Gasteiger partial charge in [-0.1, -0.05) is 31.7 Å². The van der Waals surface area contributed by atoms with Crippen molar-refractivity contribution in [2.75, 3.05) is 18.9 Å². The topological polar surface area (TPSA) is 117 Å². The molecule has 0 aliphatic rings. The van der Waals surface area contributed by atoms with Gasteiger partial charge in [-0.3, -0.25) is 9.79 Å². The minimum absolute atomic E-state index is 0.0574. The van der Waals surface area contributed by atoms with Crippen LogP contribution < -0.4 is 17.2 Å². The van der Waals surface area contributed by atoms with Crippen LogP contribution in [0.1, 0.15) is 34.1 Å². The van der Waals surface area contributed by atoms with Crippen molar-refractivity contribution in [3.8, 4) is 0 Å². The highest BCUT2D eigenvalue weighted by Crippen LogP contribution is 2.05. The van der Waals surface area contributed by atoms with Crippen LogP contribution in [0.2, 0.25) is 0 Å². The van der Waals surface area contributed by atoms with E-state index in [1.54, 1.807) is 19.6 Å². The van der Waals surface area contributed by atoms with Crippen molar-refractivity contribution < 1.29 is 9.53 Å². The lowest BCUT2D eigenvalue weighted by molar-refractivity contribution is -0.111. The molecule has 0 aliphatic heterocycles. The Morgan fingerprint density at radius 2 is 1.95 bits per heavy atom. The Balaban J connectivity index is -0.000000410. The number of nitrogens with zero attached hydrogens (tertiary/aromatic N) is 1. The smallest absolute Gasteiger partial charge is 0.224 e. The van der Waals surface area contributed by atoms with E-state index in [0.29, 0.717) is 25.3 Å². The standard InChI is InChI=1S/C8H16N3O2S.C3H7N.C2H6/c1-2-13-5-3-7(12)14-6-4-11-8(9)10;1-2-3-4;1-2/h2H,3-6H2,1H3,(H4,9,10,11);2-3H,4H2,1H3;1-2H3/q+1;;/b;3-2-;. The summed E-state index contributed by atoms with van der Waals surface area (Å²) < 4.78 is 4.92. The zero-order valence-electron chi connectivity index (χ0n) is 13.0. The van der Waals surface area contributed by atoms with Crippen molar-refractivity contribution in [1.82, 2.24) is 0 Å². The molecular formula is C13H29N4O2S+. The molecule has 20 heavy (non-hydrogen) atoms. The zero-order valence-corrected chi connectivity index (χ0v) is 13.8. The number of rotatable bonds is 7. The van der Waals surface area contributed by atoms with Gasteiger partial charge in [0.1, 0.15) is 13.5 Å². The fourth-order valence-corrected chi connectivity index (χ4v) is 1.30. The minimum Gasteiger partial charge on any atom is -0.405 e. The summed E-state index contributed by atoms with van der Waals surface area (Å²) in [5.41, 5.74) is 15.1. The lowest BCUT2D eigenvalue weighted by Crippen LogP contribution is -2.23. The van der Waals surface area contributed by atoms with E-state index >= 15 is 0 Å². The zero-order chi connectivity index (χ0) is 16.2. The van der Waals surface area contributed by atoms with E-state index < -0.39 is 0 Å². The normalized spacial score (nSPS) is 8.80. The molecule has 0 heterocycles. The van der Waals surface area contributed by atoms with Crippen LogP contribution in [0, 0.1) is 6.61 Å². The predicted octanol–water partition coefficient (Wildman–Crippen LogP) is 1.61. The summed E-state index contributed by atoms with van der Waals surface area (Å²) in [7, 11) is 0. The van der Waals surface area contributed by atoms with Crippen molar-refractivity contribution in [2.24, 2.45) is 22.2 Å². The molecule has 0 radical (unpaired) electrons. The van der Waals surface area contributed by atoms with Gasteiger partial charge in [-0.2, -0.15) is 4.74 Å². The van der Waals surface area contributed by atoms with Crippen LogP contribution in [0.5, 0.6) is 0 Å². The average molecular weight is 305 g/mol. The van der Waals surface area contributed by atoms with Gasteiger partial charge >= 0.3 is 0 Å². The maximum Gasteiger partial charge on any atom is 0.224 e. The number of carbonyl (C=O) groups is 1. The number of guanidine groups is 1. The monoisotopic (exact) mass is 305 g/mol. The minimum atomic E-state index is 0.0574. The predicted molar refractivity (Wildman–Crippen MR) is 89.0 cm³/mol. The Kier molecular flexibility index (Phi) is 27.1. The van der Waals surface area contributed by atoms with Gasteiger partial charge in [0.05, 0.1) is 6.54 Å². The Morgan fingerprint density at radius 1 is 1.40 bits per heavy atom. The van der Waals surface area contributed by atoms with Crippen molar-refractivity contribution in [3.05, 3.63) is 18.9 Å². The summed E-state index contributed by atoms with van der Waals surface area (Å²) in [5.74, 6) is 0.661. The molecule has 0 aliphatic carbocycles. The molecule has 0 fully saturated rings. The molecule has 0 atom stereocenters. The van der Waals surface area contributed by atoms with E-state index in [1.807, 2.05) is 20.8 Å². The molecule has 0 bridgehead atoms. The van der Waals surface area contributed by atoms with Gasteiger partial charge in [0.15, 0.2) is 11.1 Å². The van der Waals surface area contributed by atoms with Gasteiger partial charge in [0.25, 0.3) is 0 Å². The second kappa shape index (κ2) is 22.8. The number of hydrogen-bond donors (Lipinski definition) is 3. The van der Waals surface area contributed by atoms with Gasteiger partial charge in [-0.05, 0) is 13.1 Å². The summed E-state index contributed by atoms with van der Waals surface area (Å²) in [6.07, 6.45) is 3.69. The summed E-state index contributed by atoms with van der Waals surface area (Å²) in [6.45, 7) is 10.1. The molecule has 0 aromatic heterocycles. The van der Waals surface area contributed by atoms with Gasteiger partial charge in [-0.25, -0.2) is 0 Å². The third kappa shape index (κ3) is 30.1. The van der Waals surface area contributed by atoms with Gasteiger partial charge in [0, 0.05) is 12.2 Å². The molecule has 6 nitrogen and oxygen atoms in total. The van der Waals surface area contributed by atoms with Crippen LogP contribution in [0.4, 0.5) is 0 Å². The van der Waals surface area contributed by atoms with Crippen molar-refractivity contribution in [3.63, 3.8) is 0 Å². The summed E-state index contributed by atoms with van der Waals surface area (Å²) in [6, 6.07) is 0. The largest absolute Gasteiger partial charge is 0.405 e. The van der Waals surface area contributed by atoms with Crippen molar-refractivity contribution >= 4 is 22.8 Å². The average Bonchev–Trinajstić information content (AvgIpc) is 2.46. The molecule has 0 spiro atoms. The highest BCUT2D eigenvalue weighted by atomic mass is 32.2. The third-order valence-electron chi connectivity index (χ3n) is 1.43.